The Morgan fingerprint density at radius 2 is 1.86 bits per heavy atom. The van der Waals surface area contributed by atoms with Crippen LogP contribution in [-0.4, -0.2) is 41.0 Å². The maximum atomic E-state index is 12.5. The number of hydrogen-bond donors (Lipinski definition) is 1. The molecular formula is C15H21N3O3. The molecule has 0 atom stereocenters. The number of aryl methyl sites for hydroxylation is 2. The smallest absolute Gasteiger partial charge is 0.259 e. The first kappa shape index (κ1) is 14.1. The molecule has 6 heteroatoms. The van der Waals surface area contributed by atoms with Crippen LogP contribution in [0.1, 0.15) is 47.5 Å². The summed E-state index contributed by atoms with van der Waals surface area (Å²) >= 11 is 0. The third-order valence-corrected chi connectivity index (χ3v) is 4.32. The summed E-state index contributed by atoms with van der Waals surface area (Å²) in [6.45, 7) is 4.87. The second kappa shape index (κ2) is 5.50. The Morgan fingerprint density at radius 1 is 1.19 bits per heavy atom. The fourth-order valence-electron chi connectivity index (χ4n) is 2.84. The number of amides is 2. The number of hydrogen-bond acceptors (Lipinski definition) is 4. The van der Waals surface area contributed by atoms with Crippen molar-refractivity contribution in [3.05, 3.63) is 17.0 Å². The molecule has 1 N–H and O–H groups in total. The van der Waals surface area contributed by atoms with Crippen LogP contribution in [0.5, 0.6) is 0 Å². The first-order valence-electron chi connectivity index (χ1n) is 7.58. The van der Waals surface area contributed by atoms with Gasteiger partial charge >= 0.3 is 0 Å². The lowest BCUT2D eigenvalue weighted by Crippen LogP contribution is -2.47. The third kappa shape index (κ3) is 2.94. The van der Waals surface area contributed by atoms with E-state index in [2.05, 4.69) is 10.5 Å². The lowest BCUT2D eigenvalue weighted by atomic mass is 10.0. The summed E-state index contributed by atoms with van der Waals surface area (Å²) in [4.78, 5) is 26.1. The molecule has 0 radical (unpaired) electrons. The molecule has 0 aromatic carbocycles. The summed E-state index contributed by atoms with van der Waals surface area (Å²) in [6, 6.07) is 0.201. The van der Waals surface area contributed by atoms with E-state index in [1.54, 1.807) is 13.8 Å². The molecule has 1 aliphatic carbocycles. The van der Waals surface area contributed by atoms with Crippen LogP contribution in [0.3, 0.4) is 0 Å². The predicted octanol–water partition coefficient (Wildman–Crippen LogP) is 1.42. The topological polar surface area (TPSA) is 75.4 Å². The molecule has 114 valence electrons. The van der Waals surface area contributed by atoms with Gasteiger partial charge in [0.15, 0.2) is 0 Å². The fourth-order valence-corrected chi connectivity index (χ4v) is 2.84. The van der Waals surface area contributed by atoms with Gasteiger partial charge in [0.1, 0.15) is 11.3 Å². The van der Waals surface area contributed by atoms with Crippen LogP contribution in [-0.2, 0) is 4.79 Å². The van der Waals surface area contributed by atoms with Gasteiger partial charge in [-0.05, 0) is 39.5 Å². The number of likely N-dealkylation sites (tertiary alicyclic amines) is 1. The first-order chi connectivity index (χ1) is 10.1. The Kier molecular flexibility index (Phi) is 3.69. The van der Waals surface area contributed by atoms with E-state index in [4.69, 9.17) is 4.52 Å². The summed E-state index contributed by atoms with van der Waals surface area (Å²) in [7, 11) is 0. The van der Waals surface area contributed by atoms with Crippen molar-refractivity contribution < 1.29 is 14.1 Å². The van der Waals surface area contributed by atoms with E-state index < -0.39 is 0 Å². The quantitative estimate of drug-likeness (QED) is 0.914. The van der Waals surface area contributed by atoms with Crippen molar-refractivity contribution in [1.29, 1.82) is 0 Å². The van der Waals surface area contributed by atoms with E-state index in [1.165, 1.54) is 0 Å². The van der Waals surface area contributed by atoms with E-state index in [0.29, 0.717) is 30.1 Å². The fraction of sp³-hybridized carbons (Fsp3) is 0.667. The van der Waals surface area contributed by atoms with Crippen LogP contribution in [0.15, 0.2) is 4.52 Å². The van der Waals surface area contributed by atoms with Crippen molar-refractivity contribution in [1.82, 2.24) is 15.4 Å². The zero-order valence-electron chi connectivity index (χ0n) is 12.5. The predicted molar refractivity (Wildman–Crippen MR) is 75.8 cm³/mol. The molecule has 1 aromatic heterocycles. The number of carbonyl (C=O) groups is 2. The molecule has 2 aliphatic rings. The highest BCUT2D eigenvalue weighted by Crippen LogP contribution is 2.29. The van der Waals surface area contributed by atoms with Gasteiger partial charge in [-0.25, -0.2) is 0 Å². The SMILES string of the molecule is Cc1noc(C)c1C(=O)N1CCC(NC(=O)C2CC2)CC1. The summed E-state index contributed by atoms with van der Waals surface area (Å²) in [5.41, 5.74) is 1.22. The summed E-state index contributed by atoms with van der Waals surface area (Å²) in [6.07, 6.45) is 3.67. The van der Waals surface area contributed by atoms with Gasteiger partial charge in [0, 0.05) is 25.0 Å². The highest BCUT2D eigenvalue weighted by atomic mass is 16.5. The van der Waals surface area contributed by atoms with Gasteiger partial charge in [0.05, 0.1) is 5.69 Å². The van der Waals surface area contributed by atoms with Crippen LogP contribution < -0.4 is 5.32 Å². The third-order valence-electron chi connectivity index (χ3n) is 4.32. The molecular weight excluding hydrogens is 270 g/mol. The van der Waals surface area contributed by atoms with Crippen molar-refractivity contribution in [2.75, 3.05) is 13.1 Å². The van der Waals surface area contributed by atoms with E-state index in [1.807, 2.05) is 4.90 Å². The van der Waals surface area contributed by atoms with Crippen LogP contribution in [0.2, 0.25) is 0 Å². The van der Waals surface area contributed by atoms with Crippen LogP contribution in [0, 0.1) is 19.8 Å². The Bertz CT molecular complexity index is 535. The number of nitrogens with one attached hydrogen (secondary N) is 1. The monoisotopic (exact) mass is 291 g/mol. The highest BCUT2D eigenvalue weighted by Gasteiger charge is 2.33. The number of carbonyl (C=O) groups excluding carboxylic acids is 2. The number of nitrogens with zero attached hydrogens (tertiary/aromatic N) is 2. The molecule has 0 unspecified atom stereocenters. The van der Waals surface area contributed by atoms with Crippen molar-refractivity contribution in [2.24, 2.45) is 5.92 Å². The Hall–Kier alpha value is -1.85. The highest BCUT2D eigenvalue weighted by molar-refractivity contribution is 5.96. The second-order valence-corrected chi connectivity index (χ2v) is 6.05. The van der Waals surface area contributed by atoms with Crippen LogP contribution in [0.25, 0.3) is 0 Å². The number of aromatic nitrogens is 1. The van der Waals surface area contributed by atoms with Crippen molar-refractivity contribution in [3.63, 3.8) is 0 Å². The standard InChI is InChI=1S/C15H21N3O3/c1-9-13(10(2)21-17-9)15(20)18-7-5-12(6-8-18)16-14(19)11-3-4-11/h11-12H,3-8H2,1-2H3,(H,16,19). The minimum atomic E-state index is -0.0155. The van der Waals surface area contributed by atoms with Gasteiger partial charge in [0.2, 0.25) is 5.91 Å². The number of piperidine rings is 1. The molecule has 1 saturated carbocycles. The van der Waals surface area contributed by atoms with E-state index in [0.717, 1.165) is 25.7 Å². The zero-order chi connectivity index (χ0) is 15.0. The van der Waals surface area contributed by atoms with Gasteiger partial charge < -0.3 is 14.7 Å². The minimum absolute atomic E-state index is 0.0155. The Balaban J connectivity index is 1.55. The maximum Gasteiger partial charge on any atom is 0.259 e. The second-order valence-electron chi connectivity index (χ2n) is 6.05. The molecule has 1 aromatic rings. The molecule has 0 bridgehead atoms. The molecule has 6 nitrogen and oxygen atoms in total. The van der Waals surface area contributed by atoms with Gasteiger partial charge in [0.25, 0.3) is 5.91 Å². The average molecular weight is 291 g/mol. The summed E-state index contributed by atoms with van der Waals surface area (Å²) < 4.78 is 5.06. The average Bonchev–Trinajstić information content (AvgIpc) is 3.26. The van der Waals surface area contributed by atoms with Crippen LogP contribution >= 0.6 is 0 Å². The van der Waals surface area contributed by atoms with Crippen molar-refractivity contribution in [2.45, 2.75) is 45.6 Å². The van der Waals surface area contributed by atoms with Gasteiger partial charge in [-0.3, -0.25) is 9.59 Å². The summed E-state index contributed by atoms with van der Waals surface area (Å²) in [5, 5.41) is 6.92. The number of rotatable bonds is 3. The zero-order valence-corrected chi connectivity index (χ0v) is 12.5. The maximum absolute atomic E-state index is 12.5. The molecule has 2 fully saturated rings. The minimum Gasteiger partial charge on any atom is -0.361 e. The summed E-state index contributed by atoms with van der Waals surface area (Å²) in [5.74, 6) is 0.984. The molecule has 1 saturated heterocycles. The van der Waals surface area contributed by atoms with Crippen molar-refractivity contribution in [3.8, 4) is 0 Å². The molecule has 21 heavy (non-hydrogen) atoms. The van der Waals surface area contributed by atoms with E-state index in [-0.39, 0.29) is 23.8 Å². The van der Waals surface area contributed by atoms with E-state index >= 15 is 0 Å². The molecule has 2 amide bonds. The van der Waals surface area contributed by atoms with Gasteiger partial charge in [-0.15, -0.1) is 0 Å². The first-order valence-corrected chi connectivity index (χ1v) is 7.58. The lowest BCUT2D eigenvalue weighted by Gasteiger charge is -2.32. The van der Waals surface area contributed by atoms with E-state index in [9.17, 15) is 9.59 Å². The molecule has 0 spiro atoms. The normalized spacial score (nSPS) is 19.6. The Labute approximate surface area is 123 Å². The molecule has 2 heterocycles. The molecule has 1 aliphatic heterocycles. The van der Waals surface area contributed by atoms with Crippen LogP contribution in [0.4, 0.5) is 0 Å². The van der Waals surface area contributed by atoms with Crippen molar-refractivity contribution >= 4 is 11.8 Å². The lowest BCUT2D eigenvalue weighted by molar-refractivity contribution is -0.123. The van der Waals surface area contributed by atoms with Gasteiger partial charge in [-0.2, -0.15) is 0 Å². The molecule has 3 rings (SSSR count). The Morgan fingerprint density at radius 3 is 2.38 bits per heavy atom. The largest absolute Gasteiger partial charge is 0.361 e. The van der Waals surface area contributed by atoms with Gasteiger partial charge in [-0.1, -0.05) is 5.16 Å².